The number of aryl methyl sites for hydroxylation is 2. The highest BCUT2D eigenvalue weighted by Gasteiger charge is 2.00. The Hall–Kier alpha value is -2.05. The molecule has 3 rings (SSSR count). The molecule has 0 heterocycles. The maximum absolute atomic E-state index is 6.04. The summed E-state index contributed by atoms with van der Waals surface area (Å²) >= 11 is 6.04. The molecule has 0 radical (unpaired) electrons. The molecule has 0 bridgehead atoms. The molecule has 3 aromatic rings. The monoisotopic (exact) mass is 306 g/mol. The third kappa shape index (κ3) is 4.22. The molecule has 0 amide bonds. The first-order valence-corrected chi connectivity index (χ1v) is 8.03. The van der Waals surface area contributed by atoms with E-state index in [9.17, 15) is 0 Å². The Morgan fingerprint density at radius 2 is 1.14 bits per heavy atom. The van der Waals surface area contributed by atoms with Crippen molar-refractivity contribution in [3.63, 3.8) is 0 Å². The van der Waals surface area contributed by atoms with Crippen molar-refractivity contribution < 1.29 is 0 Å². The van der Waals surface area contributed by atoms with Crippen LogP contribution in [0.15, 0.2) is 78.9 Å². The number of halogens is 1. The largest absolute Gasteiger partial charge is 0.0843 e. The van der Waals surface area contributed by atoms with Gasteiger partial charge < -0.3 is 0 Å². The second kappa shape index (κ2) is 7.29. The van der Waals surface area contributed by atoms with Crippen LogP contribution in [0.5, 0.6) is 0 Å². The van der Waals surface area contributed by atoms with Crippen molar-refractivity contribution >= 4 is 11.6 Å². The molecule has 0 aliphatic carbocycles. The summed E-state index contributed by atoms with van der Waals surface area (Å²) in [5.41, 5.74) is 5.40. The minimum atomic E-state index is 0.815. The van der Waals surface area contributed by atoms with Crippen molar-refractivity contribution in [2.45, 2.75) is 19.3 Å². The van der Waals surface area contributed by atoms with Crippen LogP contribution in [0.3, 0.4) is 0 Å². The van der Waals surface area contributed by atoms with Crippen molar-refractivity contribution in [1.29, 1.82) is 0 Å². The first kappa shape index (κ1) is 14.9. The number of benzene rings is 3. The quantitative estimate of drug-likeness (QED) is 0.566. The molecule has 0 aliphatic rings. The van der Waals surface area contributed by atoms with Gasteiger partial charge in [-0.05, 0) is 53.6 Å². The lowest BCUT2D eigenvalue weighted by Gasteiger charge is -2.06. The van der Waals surface area contributed by atoms with E-state index in [0.717, 1.165) is 24.3 Å². The normalized spacial score (nSPS) is 10.6. The average molecular weight is 307 g/mol. The minimum Gasteiger partial charge on any atom is -0.0843 e. The fourth-order valence-corrected chi connectivity index (χ4v) is 2.92. The van der Waals surface area contributed by atoms with E-state index < -0.39 is 0 Å². The second-order valence-corrected chi connectivity index (χ2v) is 6.05. The van der Waals surface area contributed by atoms with E-state index in [2.05, 4.69) is 66.7 Å². The number of rotatable bonds is 5. The summed E-state index contributed by atoms with van der Waals surface area (Å²) in [7, 11) is 0. The van der Waals surface area contributed by atoms with Gasteiger partial charge >= 0.3 is 0 Å². The molecule has 22 heavy (non-hydrogen) atoms. The first-order chi connectivity index (χ1) is 10.8. The van der Waals surface area contributed by atoms with Gasteiger partial charge in [0.05, 0.1) is 0 Å². The van der Waals surface area contributed by atoms with Gasteiger partial charge in [-0.3, -0.25) is 0 Å². The molecule has 0 spiro atoms. The fourth-order valence-electron chi connectivity index (χ4n) is 2.71. The van der Waals surface area contributed by atoms with Crippen LogP contribution in [0.4, 0.5) is 0 Å². The maximum Gasteiger partial charge on any atom is 0.0408 e. The summed E-state index contributed by atoms with van der Waals surface area (Å²) in [6, 6.07) is 27.6. The van der Waals surface area contributed by atoms with Gasteiger partial charge in [0.25, 0.3) is 0 Å². The lowest BCUT2D eigenvalue weighted by atomic mass is 9.99. The first-order valence-electron chi connectivity index (χ1n) is 7.66. The van der Waals surface area contributed by atoms with Crippen LogP contribution >= 0.6 is 11.6 Å². The highest BCUT2D eigenvalue weighted by molar-refractivity contribution is 6.30. The average Bonchev–Trinajstić information content (AvgIpc) is 2.54. The standard InChI is InChI=1S/C21H19Cl/c22-21-11-5-9-19(16-21)13-12-18-8-4-10-20(15-18)14-17-6-2-1-3-7-17/h1-11,15-16H,12-14H2. The lowest BCUT2D eigenvalue weighted by Crippen LogP contribution is -1.94. The summed E-state index contributed by atoms with van der Waals surface area (Å²) in [6.45, 7) is 0. The molecule has 0 aromatic heterocycles. The zero-order valence-electron chi connectivity index (χ0n) is 12.5. The third-order valence-corrected chi connectivity index (χ3v) is 4.07. The van der Waals surface area contributed by atoms with Gasteiger partial charge in [0, 0.05) is 5.02 Å². The molecular weight excluding hydrogens is 288 g/mol. The molecule has 110 valence electrons. The van der Waals surface area contributed by atoms with E-state index in [1.54, 1.807) is 0 Å². The molecular formula is C21H19Cl. The smallest absolute Gasteiger partial charge is 0.0408 e. The van der Waals surface area contributed by atoms with E-state index in [1.807, 2.05) is 12.1 Å². The summed E-state index contributed by atoms with van der Waals surface area (Å²) in [5, 5.41) is 0.815. The van der Waals surface area contributed by atoms with E-state index in [4.69, 9.17) is 11.6 Å². The van der Waals surface area contributed by atoms with Gasteiger partial charge in [-0.1, -0.05) is 78.3 Å². The van der Waals surface area contributed by atoms with Crippen molar-refractivity contribution in [3.05, 3.63) is 106 Å². The van der Waals surface area contributed by atoms with Crippen molar-refractivity contribution in [2.24, 2.45) is 0 Å². The minimum absolute atomic E-state index is 0.815. The molecule has 0 nitrogen and oxygen atoms in total. The van der Waals surface area contributed by atoms with Crippen LogP contribution in [0, 0.1) is 0 Å². The zero-order valence-corrected chi connectivity index (χ0v) is 13.3. The number of hydrogen-bond acceptors (Lipinski definition) is 0. The van der Waals surface area contributed by atoms with Gasteiger partial charge in [-0.25, -0.2) is 0 Å². The van der Waals surface area contributed by atoms with E-state index in [1.165, 1.54) is 22.3 Å². The highest BCUT2D eigenvalue weighted by atomic mass is 35.5. The van der Waals surface area contributed by atoms with Gasteiger partial charge in [0.2, 0.25) is 0 Å². The molecule has 0 saturated heterocycles. The summed E-state index contributed by atoms with van der Waals surface area (Å²) in [6.07, 6.45) is 3.06. The zero-order chi connectivity index (χ0) is 15.2. The molecule has 0 atom stereocenters. The van der Waals surface area contributed by atoms with E-state index in [-0.39, 0.29) is 0 Å². The SMILES string of the molecule is Clc1cccc(CCc2cccc(Cc3ccccc3)c2)c1. The lowest BCUT2D eigenvalue weighted by molar-refractivity contribution is 0.955. The molecule has 0 saturated carbocycles. The Labute approximate surface area is 137 Å². The van der Waals surface area contributed by atoms with Crippen molar-refractivity contribution in [3.8, 4) is 0 Å². The molecule has 0 N–H and O–H groups in total. The topological polar surface area (TPSA) is 0 Å². The third-order valence-electron chi connectivity index (χ3n) is 3.83. The van der Waals surface area contributed by atoms with Gasteiger partial charge in [-0.2, -0.15) is 0 Å². The molecule has 0 fully saturated rings. The van der Waals surface area contributed by atoms with Crippen LogP contribution in [-0.4, -0.2) is 0 Å². The van der Waals surface area contributed by atoms with Crippen LogP contribution < -0.4 is 0 Å². The maximum atomic E-state index is 6.04. The van der Waals surface area contributed by atoms with Crippen LogP contribution in [0.2, 0.25) is 5.02 Å². The van der Waals surface area contributed by atoms with Gasteiger partial charge in [-0.15, -0.1) is 0 Å². The molecule has 1 heteroatoms. The fraction of sp³-hybridized carbons (Fsp3) is 0.143. The van der Waals surface area contributed by atoms with Crippen LogP contribution in [0.25, 0.3) is 0 Å². The van der Waals surface area contributed by atoms with Gasteiger partial charge in [0.15, 0.2) is 0 Å². The molecule has 0 aliphatic heterocycles. The van der Waals surface area contributed by atoms with Gasteiger partial charge in [0.1, 0.15) is 0 Å². The van der Waals surface area contributed by atoms with E-state index >= 15 is 0 Å². The van der Waals surface area contributed by atoms with Crippen LogP contribution in [-0.2, 0) is 19.3 Å². The van der Waals surface area contributed by atoms with Crippen molar-refractivity contribution in [1.82, 2.24) is 0 Å². The summed E-state index contributed by atoms with van der Waals surface area (Å²) in [4.78, 5) is 0. The predicted octanol–water partition coefficient (Wildman–Crippen LogP) is 5.72. The predicted molar refractivity (Wildman–Crippen MR) is 94.6 cm³/mol. The molecule has 3 aromatic carbocycles. The summed E-state index contributed by atoms with van der Waals surface area (Å²) in [5.74, 6) is 0. The molecule has 0 unspecified atom stereocenters. The Bertz CT molecular complexity index is 732. The second-order valence-electron chi connectivity index (χ2n) is 5.61. The Morgan fingerprint density at radius 1 is 0.545 bits per heavy atom. The Balaban J connectivity index is 1.66. The summed E-state index contributed by atoms with van der Waals surface area (Å²) < 4.78 is 0. The van der Waals surface area contributed by atoms with E-state index in [0.29, 0.717) is 0 Å². The van der Waals surface area contributed by atoms with Crippen molar-refractivity contribution in [2.75, 3.05) is 0 Å². The van der Waals surface area contributed by atoms with Crippen LogP contribution in [0.1, 0.15) is 22.3 Å². The number of hydrogen-bond donors (Lipinski definition) is 0. The highest BCUT2D eigenvalue weighted by Crippen LogP contribution is 2.15. The Kier molecular flexibility index (Phi) is 4.92. The Morgan fingerprint density at radius 3 is 1.86 bits per heavy atom.